The predicted octanol–water partition coefficient (Wildman–Crippen LogP) is 4.66. The van der Waals surface area contributed by atoms with E-state index < -0.39 is 0 Å². The molecule has 7 fully saturated rings. The largest absolute Gasteiger partial charge is 0.0814 e. The van der Waals surface area contributed by atoms with Crippen LogP contribution in [0.1, 0.15) is 51.4 Å². The van der Waals surface area contributed by atoms with Gasteiger partial charge in [-0.15, -0.1) is 0 Å². The second-order valence-corrected chi connectivity index (χ2v) is 10.0. The van der Waals surface area contributed by atoms with Gasteiger partial charge < -0.3 is 0 Å². The second kappa shape index (κ2) is 2.82. The molecule has 8 unspecified atom stereocenters. The number of hydrogen-bond donors (Lipinski definition) is 0. The van der Waals surface area contributed by atoms with Gasteiger partial charge in [-0.1, -0.05) is 31.4 Å². The summed E-state index contributed by atoms with van der Waals surface area (Å²) in [4.78, 5) is 0. The van der Waals surface area contributed by atoms with Crippen LogP contribution in [0.4, 0.5) is 0 Å². The number of fused-ring (bicyclic) bond motifs is 6. The van der Waals surface area contributed by atoms with E-state index in [0.29, 0.717) is 0 Å². The second-order valence-electron chi connectivity index (χ2n) is 10.0. The Kier molecular flexibility index (Phi) is 1.47. The topological polar surface area (TPSA) is 0 Å². The highest BCUT2D eigenvalue weighted by Crippen LogP contribution is 2.87. The van der Waals surface area contributed by atoms with Gasteiger partial charge in [0.15, 0.2) is 0 Å². The first-order valence-corrected chi connectivity index (χ1v) is 9.50. The fourth-order valence-electron chi connectivity index (χ4n) is 9.79. The molecule has 0 nitrogen and oxygen atoms in total. The van der Waals surface area contributed by atoms with Crippen LogP contribution in [-0.4, -0.2) is 0 Å². The average Bonchev–Trinajstić information content (AvgIpc) is 3.20. The summed E-state index contributed by atoms with van der Waals surface area (Å²) < 4.78 is 0. The SMILES string of the molecule is C1=CC23CC1(C2)C1C2CC(C4CC5CCCC5CC42)C13. The molecule has 0 saturated heterocycles. The van der Waals surface area contributed by atoms with Crippen LogP contribution in [0.2, 0.25) is 0 Å². The molecule has 9 rings (SSSR count). The minimum absolute atomic E-state index is 0.752. The Hall–Kier alpha value is -0.260. The fourth-order valence-corrected chi connectivity index (χ4v) is 9.79. The van der Waals surface area contributed by atoms with Crippen molar-refractivity contribution in [3.8, 4) is 0 Å². The van der Waals surface area contributed by atoms with E-state index in [1.807, 2.05) is 0 Å². The summed E-state index contributed by atoms with van der Waals surface area (Å²) >= 11 is 0. The van der Waals surface area contributed by atoms with Crippen molar-refractivity contribution >= 4 is 0 Å². The molecule has 9 aliphatic carbocycles. The van der Waals surface area contributed by atoms with Gasteiger partial charge in [0.05, 0.1) is 0 Å². The molecule has 0 heterocycles. The zero-order valence-corrected chi connectivity index (χ0v) is 12.4. The minimum atomic E-state index is 0.752. The zero-order chi connectivity index (χ0) is 12.7. The van der Waals surface area contributed by atoms with Crippen LogP contribution in [-0.2, 0) is 0 Å². The maximum absolute atomic E-state index is 2.70. The predicted molar refractivity (Wildman–Crippen MR) is 78.9 cm³/mol. The van der Waals surface area contributed by atoms with Crippen molar-refractivity contribution in [1.29, 1.82) is 0 Å². The molecule has 8 atom stereocenters. The maximum atomic E-state index is 2.70. The molecule has 4 bridgehead atoms. The van der Waals surface area contributed by atoms with Gasteiger partial charge in [0.2, 0.25) is 0 Å². The van der Waals surface area contributed by atoms with E-state index in [1.54, 1.807) is 51.4 Å². The maximum Gasteiger partial charge on any atom is -0.00672 e. The molecule has 0 aromatic carbocycles. The Morgan fingerprint density at radius 3 is 1.75 bits per heavy atom. The molecular formula is C20H26. The van der Waals surface area contributed by atoms with Crippen molar-refractivity contribution in [2.75, 3.05) is 0 Å². The minimum Gasteiger partial charge on any atom is -0.0814 e. The van der Waals surface area contributed by atoms with Gasteiger partial charge in [0.25, 0.3) is 0 Å². The molecule has 9 aliphatic rings. The summed E-state index contributed by atoms with van der Waals surface area (Å²) in [5.41, 5.74) is 1.50. The van der Waals surface area contributed by atoms with Crippen LogP contribution in [0.25, 0.3) is 0 Å². The van der Waals surface area contributed by atoms with Crippen molar-refractivity contribution in [3.05, 3.63) is 12.2 Å². The standard InChI is InChI=1S/C20H26/c1-2-11-6-13-14(7-12(11)3-1)16-8-15(13)17-18(16)20-5-4-19(17,9-20)10-20/h4-5,11-18H,1-3,6-10H2. The van der Waals surface area contributed by atoms with Crippen LogP contribution in [0.15, 0.2) is 12.2 Å². The van der Waals surface area contributed by atoms with Crippen molar-refractivity contribution in [3.63, 3.8) is 0 Å². The van der Waals surface area contributed by atoms with Gasteiger partial charge in [0, 0.05) is 0 Å². The van der Waals surface area contributed by atoms with E-state index in [4.69, 9.17) is 0 Å². The normalized spacial score (nSPS) is 73.6. The van der Waals surface area contributed by atoms with E-state index in [2.05, 4.69) is 12.2 Å². The molecule has 106 valence electrons. The first-order chi connectivity index (χ1) is 9.80. The van der Waals surface area contributed by atoms with Gasteiger partial charge in [-0.05, 0) is 90.3 Å². The monoisotopic (exact) mass is 266 g/mol. The summed E-state index contributed by atoms with van der Waals surface area (Å²) in [6.45, 7) is 0. The fraction of sp³-hybridized carbons (Fsp3) is 0.900. The number of rotatable bonds is 0. The summed E-state index contributed by atoms with van der Waals surface area (Å²) in [5, 5.41) is 0. The third-order valence-electron chi connectivity index (χ3n) is 9.86. The zero-order valence-electron chi connectivity index (χ0n) is 12.4. The molecule has 0 amide bonds. The molecular weight excluding hydrogens is 240 g/mol. The van der Waals surface area contributed by atoms with Crippen LogP contribution in [0, 0.1) is 58.2 Å². The van der Waals surface area contributed by atoms with Gasteiger partial charge in [0.1, 0.15) is 0 Å². The number of allylic oxidation sites excluding steroid dienone is 2. The molecule has 20 heavy (non-hydrogen) atoms. The third kappa shape index (κ3) is 0.844. The van der Waals surface area contributed by atoms with Gasteiger partial charge in [-0.3, -0.25) is 0 Å². The Bertz CT molecular complexity index is 492. The van der Waals surface area contributed by atoms with Crippen LogP contribution < -0.4 is 0 Å². The Morgan fingerprint density at radius 1 is 0.650 bits per heavy atom. The lowest BCUT2D eigenvalue weighted by molar-refractivity contribution is 0.0194. The van der Waals surface area contributed by atoms with Gasteiger partial charge >= 0.3 is 0 Å². The highest BCUT2D eigenvalue weighted by Gasteiger charge is 2.80. The van der Waals surface area contributed by atoms with Crippen LogP contribution in [0.5, 0.6) is 0 Å². The first-order valence-electron chi connectivity index (χ1n) is 9.50. The molecule has 7 saturated carbocycles. The lowest BCUT2D eigenvalue weighted by atomic mass is 9.58. The Labute approximate surface area is 122 Å². The van der Waals surface area contributed by atoms with E-state index in [-0.39, 0.29) is 0 Å². The lowest BCUT2D eigenvalue weighted by Crippen LogP contribution is -2.41. The van der Waals surface area contributed by atoms with Crippen molar-refractivity contribution in [2.45, 2.75) is 51.4 Å². The van der Waals surface area contributed by atoms with Crippen LogP contribution in [0.3, 0.4) is 0 Å². The van der Waals surface area contributed by atoms with E-state index in [0.717, 1.165) is 34.5 Å². The third-order valence-corrected chi connectivity index (χ3v) is 9.86. The van der Waals surface area contributed by atoms with Gasteiger partial charge in [-0.2, -0.15) is 0 Å². The summed E-state index contributed by atoms with van der Waals surface area (Å²) in [6.07, 6.45) is 18.3. The Balaban J connectivity index is 1.33. The van der Waals surface area contributed by atoms with Crippen molar-refractivity contribution in [1.82, 2.24) is 0 Å². The highest BCUT2D eigenvalue weighted by atomic mass is 14.8. The smallest absolute Gasteiger partial charge is 0.00672 e. The first kappa shape index (κ1) is 10.5. The van der Waals surface area contributed by atoms with Crippen molar-refractivity contribution in [2.24, 2.45) is 58.2 Å². The number of hydrogen-bond acceptors (Lipinski definition) is 0. The molecule has 0 spiro atoms. The summed E-state index contributed by atoms with van der Waals surface area (Å²) in [6, 6.07) is 0. The summed E-state index contributed by atoms with van der Waals surface area (Å²) in [7, 11) is 0. The quantitative estimate of drug-likeness (QED) is 0.559. The van der Waals surface area contributed by atoms with E-state index >= 15 is 0 Å². The van der Waals surface area contributed by atoms with Crippen molar-refractivity contribution < 1.29 is 0 Å². The van der Waals surface area contributed by atoms with E-state index in [9.17, 15) is 0 Å². The average molecular weight is 266 g/mol. The molecule has 0 aromatic heterocycles. The van der Waals surface area contributed by atoms with Crippen LogP contribution >= 0.6 is 0 Å². The van der Waals surface area contributed by atoms with Gasteiger partial charge in [-0.25, -0.2) is 0 Å². The molecule has 0 heteroatoms. The Morgan fingerprint density at radius 2 is 1.20 bits per heavy atom. The molecule has 0 N–H and O–H groups in total. The molecule has 0 radical (unpaired) electrons. The lowest BCUT2D eigenvalue weighted by Gasteiger charge is -2.47. The molecule has 0 aliphatic heterocycles. The van der Waals surface area contributed by atoms with E-state index in [1.165, 1.54) is 23.7 Å². The molecule has 0 aromatic rings. The summed E-state index contributed by atoms with van der Waals surface area (Å²) in [5.74, 6) is 9.36. The highest BCUT2D eigenvalue weighted by molar-refractivity contribution is 5.41.